The number of halogens is 1. The van der Waals surface area contributed by atoms with Gasteiger partial charge in [0.05, 0.1) is 21.7 Å². The normalized spacial score (nSPS) is 11.5. The Labute approximate surface area is 240 Å². The van der Waals surface area contributed by atoms with Gasteiger partial charge in [0, 0.05) is 32.2 Å². The standard InChI is InChI=1S/C28H32N4O4S2.ClH/c1-5-36-23-13-16-25-26(19-23)37-28(29-25)32(18-17-30(2)3)27(33)22-11-14-24(15-12-22)38(34,35)31(4)20-21-9-7-6-8-10-21;/h6-16,19H,5,17-18,20H2,1-4H3;1H. The number of carbonyl (C=O) groups excluding carboxylic acids is 1. The lowest BCUT2D eigenvalue weighted by molar-refractivity contribution is 0.0985. The average Bonchev–Trinajstić information content (AvgIpc) is 3.32. The zero-order valence-electron chi connectivity index (χ0n) is 22.4. The fourth-order valence-corrected chi connectivity index (χ4v) is 6.06. The van der Waals surface area contributed by atoms with Crippen molar-refractivity contribution in [3.8, 4) is 5.75 Å². The Morgan fingerprint density at radius 3 is 2.28 bits per heavy atom. The van der Waals surface area contributed by atoms with Crippen molar-refractivity contribution in [2.24, 2.45) is 0 Å². The van der Waals surface area contributed by atoms with Gasteiger partial charge in [-0.3, -0.25) is 9.69 Å². The van der Waals surface area contributed by atoms with Gasteiger partial charge in [0.25, 0.3) is 5.91 Å². The first kappa shape index (κ1) is 30.5. The minimum atomic E-state index is -3.72. The molecule has 0 N–H and O–H groups in total. The molecule has 1 aromatic heterocycles. The number of amides is 1. The second kappa shape index (κ2) is 13.4. The van der Waals surface area contributed by atoms with Crippen LogP contribution in [0.3, 0.4) is 0 Å². The number of nitrogens with zero attached hydrogens (tertiary/aromatic N) is 4. The maximum absolute atomic E-state index is 13.6. The number of ether oxygens (including phenoxy) is 1. The molecule has 39 heavy (non-hydrogen) atoms. The van der Waals surface area contributed by atoms with Gasteiger partial charge in [0.15, 0.2) is 5.13 Å². The molecule has 0 aliphatic carbocycles. The van der Waals surface area contributed by atoms with E-state index in [1.165, 1.54) is 27.8 Å². The van der Waals surface area contributed by atoms with Gasteiger partial charge in [-0.15, -0.1) is 12.4 Å². The number of hydrogen-bond donors (Lipinski definition) is 0. The van der Waals surface area contributed by atoms with Crippen molar-refractivity contribution in [2.75, 3.05) is 45.7 Å². The molecule has 1 amide bonds. The third-order valence-electron chi connectivity index (χ3n) is 5.96. The van der Waals surface area contributed by atoms with Gasteiger partial charge >= 0.3 is 0 Å². The summed E-state index contributed by atoms with van der Waals surface area (Å²) in [6.07, 6.45) is 0. The highest BCUT2D eigenvalue weighted by molar-refractivity contribution is 7.89. The van der Waals surface area contributed by atoms with Crippen molar-refractivity contribution in [1.82, 2.24) is 14.2 Å². The largest absolute Gasteiger partial charge is 0.494 e. The number of fused-ring (bicyclic) bond motifs is 1. The third kappa shape index (κ3) is 7.34. The van der Waals surface area contributed by atoms with Crippen molar-refractivity contribution < 1.29 is 17.9 Å². The molecule has 0 aliphatic heterocycles. The molecule has 0 radical (unpaired) electrons. The lowest BCUT2D eigenvalue weighted by Gasteiger charge is -2.22. The van der Waals surface area contributed by atoms with E-state index in [2.05, 4.69) is 0 Å². The summed E-state index contributed by atoms with van der Waals surface area (Å²) in [4.78, 5) is 22.1. The molecule has 0 bridgehead atoms. The molecule has 0 unspecified atom stereocenters. The molecular formula is C28H33ClN4O4S2. The van der Waals surface area contributed by atoms with E-state index in [0.29, 0.717) is 30.4 Å². The SMILES string of the molecule is CCOc1ccc2nc(N(CCN(C)C)C(=O)c3ccc(S(=O)(=O)N(C)Cc4ccccc4)cc3)sc2c1.Cl. The van der Waals surface area contributed by atoms with Crippen LogP contribution in [0.25, 0.3) is 10.2 Å². The number of hydrogen-bond acceptors (Lipinski definition) is 7. The number of rotatable bonds is 11. The monoisotopic (exact) mass is 588 g/mol. The first-order valence-electron chi connectivity index (χ1n) is 12.3. The van der Waals surface area contributed by atoms with Crippen molar-refractivity contribution in [3.05, 3.63) is 83.9 Å². The van der Waals surface area contributed by atoms with Crippen LogP contribution in [0.1, 0.15) is 22.8 Å². The first-order valence-corrected chi connectivity index (χ1v) is 14.5. The van der Waals surface area contributed by atoms with Gasteiger partial charge in [-0.1, -0.05) is 41.7 Å². The van der Waals surface area contributed by atoms with Gasteiger partial charge in [-0.05, 0) is 69.0 Å². The van der Waals surface area contributed by atoms with E-state index in [1.807, 2.05) is 74.4 Å². The number of carbonyl (C=O) groups is 1. The summed E-state index contributed by atoms with van der Waals surface area (Å²) < 4.78 is 34.1. The van der Waals surface area contributed by atoms with E-state index in [0.717, 1.165) is 21.5 Å². The molecule has 8 nitrogen and oxygen atoms in total. The summed E-state index contributed by atoms with van der Waals surface area (Å²) in [6.45, 7) is 3.83. The van der Waals surface area contributed by atoms with Crippen LogP contribution < -0.4 is 9.64 Å². The van der Waals surface area contributed by atoms with Crippen LogP contribution in [0.5, 0.6) is 5.75 Å². The number of anilines is 1. The Hall–Kier alpha value is -3.02. The number of thiazole rings is 1. The Bertz CT molecular complexity index is 1490. The van der Waals surface area contributed by atoms with Gasteiger partial charge in [-0.2, -0.15) is 4.31 Å². The number of benzene rings is 3. The maximum Gasteiger partial charge on any atom is 0.260 e. The van der Waals surface area contributed by atoms with Crippen molar-refractivity contribution in [1.29, 1.82) is 0 Å². The minimum Gasteiger partial charge on any atom is -0.494 e. The van der Waals surface area contributed by atoms with Crippen LogP contribution in [-0.2, 0) is 16.6 Å². The molecule has 4 rings (SSSR count). The fraction of sp³-hybridized carbons (Fsp3) is 0.286. The molecule has 0 fully saturated rings. The molecule has 0 spiro atoms. The Balaban J connectivity index is 0.00000420. The van der Waals surface area contributed by atoms with E-state index in [1.54, 1.807) is 24.1 Å². The predicted molar refractivity (Wildman–Crippen MR) is 160 cm³/mol. The summed E-state index contributed by atoms with van der Waals surface area (Å²) in [7, 11) is 1.72. The van der Waals surface area contributed by atoms with Crippen molar-refractivity contribution >= 4 is 55.0 Å². The number of likely N-dealkylation sites (N-methyl/N-ethyl adjacent to an activating group) is 1. The summed E-state index contributed by atoms with van der Waals surface area (Å²) in [5.74, 6) is 0.521. The highest BCUT2D eigenvalue weighted by Gasteiger charge is 2.24. The van der Waals surface area contributed by atoms with Crippen LogP contribution in [0.4, 0.5) is 5.13 Å². The van der Waals surface area contributed by atoms with E-state index < -0.39 is 10.0 Å². The van der Waals surface area contributed by atoms with Crippen LogP contribution in [0.2, 0.25) is 0 Å². The molecule has 4 aromatic rings. The molecular weight excluding hydrogens is 556 g/mol. The van der Waals surface area contributed by atoms with Gasteiger partial charge in [-0.25, -0.2) is 13.4 Å². The molecule has 0 saturated carbocycles. The van der Waals surface area contributed by atoms with Crippen LogP contribution in [-0.4, -0.2) is 69.4 Å². The third-order valence-corrected chi connectivity index (χ3v) is 8.82. The van der Waals surface area contributed by atoms with Crippen LogP contribution in [0, 0.1) is 0 Å². The number of aromatic nitrogens is 1. The average molecular weight is 589 g/mol. The van der Waals surface area contributed by atoms with Crippen LogP contribution in [0.15, 0.2) is 77.7 Å². The summed E-state index contributed by atoms with van der Waals surface area (Å²) in [5, 5.41) is 0.583. The summed E-state index contributed by atoms with van der Waals surface area (Å²) >= 11 is 1.43. The lowest BCUT2D eigenvalue weighted by Crippen LogP contribution is -2.36. The van der Waals surface area contributed by atoms with Gasteiger partial charge in [0.2, 0.25) is 10.0 Å². The Morgan fingerprint density at radius 2 is 1.64 bits per heavy atom. The fourth-order valence-electron chi connectivity index (χ4n) is 3.88. The summed E-state index contributed by atoms with van der Waals surface area (Å²) in [6, 6.07) is 21.2. The highest BCUT2D eigenvalue weighted by atomic mass is 35.5. The molecule has 0 atom stereocenters. The summed E-state index contributed by atoms with van der Waals surface area (Å²) in [5.41, 5.74) is 2.08. The molecule has 11 heteroatoms. The predicted octanol–water partition coefficient (Wildman–Crippen LogP) is 5.15. The molecule has 0 saturated heterocycles. The minimum absolute atomic E-state index is 0. The lowest BCUT2D eigenvalue weighted by atomic mass is 10.2. The smallest absolute Gasteiger partial charge is 0.260 e. The molecule has 1 heterocycles. The molecule has 3 aromatic carbocycles. The van der Waals surface area contributed by atoms with Gasteiger partial charge < -0.3 is 9.64 Å². The molecule has 208 valence electrons. The van der Waals surface area contributed by atoms with E-state index in [-0.39, 0.29) is 29.8 Å². The zero-order valence-corrected chi connectivity index (χ0v) is 24.9. The highest BCUT2D eigenvalue weighted by Crippen LogP contribution is 2.32. The van der Waals surface area contributed by atoms with E-state index in [4.69, 9.17) is 9.72 Å². The van der Waals surface area contributed by atoms with Gasteiger partial charge in [0.1, 0.15) is 5.75 Å². The Kier molecular flexibility index (Phi) is 10.5. The molecule has 0 aliphatic rings. The Morgan fingerprint density at radius 1 is 0.949 bits per heavy atom. The first-order chi connectivity index (χ1) is 18.2. The van der Waals surface area contributed by atoms with Crippen molar-refractivity contribution in [2.45, 2.75) is 18.4 Å². The topological polar surface area (TPSA) is 83.0 Å². The second-order valence-electron chi connectivity index (χ2n) is 9.09. The van der Waals surface area contributed by atoms with Crippen molar-refractivity contribution in [3.63, 3.8) is 0 Å². The number of sulfonamides is 1. The quantitative estimate of drug-likeness (QED) is 0.241. The van der Waals surface area contributed by atoms with E-state index in [9.17, 15) is 13.2 Å². The zero-order chi connectivity index (χ0) is 27.3. The second-order valence-corrected chi connectivity index (χ2v) is 12.1. The van der Waals surface area contributed by atoms with E-state index >= 15 is 0 Å². The maximum atomic E-state index is 13.6. The van der Waals surface area contributed by atoms with Crippen LogP contribution >= 0.6 is 23.7 Å².